The lowest BCUT2D eigenvalue weighted by atomic mass is 9.58. The molecule has 142 valence electrons. The number of halogens is 1. The molecule has 7 heteroatoms. The van der Waals surface area contributed by atoms with Gasteiger partial charge in [-0.15, -0.1) is 0 Å². The first-order valence-electron chi connectivity index (χ1n) is 9.73. The molecule has 0 atom stereocenters. The summed E-state index contributed by atoms with van der Waals surface area (Å²) in [6, 6.07) is 3.49. The van der Waals surface area contributed by atoms with E-state index in [1.54, 1.807) is 4.52 Å². The molecule has 2 aliphatic rings. The summed E-state index contributed by atoms with van der Waals surface area (Å²) >= 11 is 0. The monoisotopic (exact) mass is 376 g/mol. The van der Waals surface area contributed by atoms with Crippen LogP contribution in [0, 0.1) is 25.1 Å². The Morgan fingerprint density at radius 1 is 1.07 bits per heavy atom. The normalized spacial score (nSPS) is 18.7. The van der Waals surface area contributed by atoms with Gasteiger partial charge in [-0.3, -0.25) is 0 Å². The van der Waals surface area contributed by atoms with Crippen LogP contribution in [0.1, 0.15) is 35.7 Å². The highest BCUT2D eigenvalue weighted by Crippen LogP contribution is 2.52. The van der Waals surface area contributed by atoms with Crippen LogP contribution in [-0.2, 0) is 0 Å². The van der Waals surface area contributed by atoms with Crippen molar-refractivity contribution in [2.45, 2.75) is 32.6 Å². The van der Waals surface area contributed by atoms with Gasteiger partial charge in [-0.05, 0) is 49.8 Å². The van der Waals surface area contributed by atoms with Crippen molar-refractivity contribution in [1.29, 1.82) is 0 Å². The van der Waals surface area contributed by atoms with Crippen molar-refractivity contribution in [3.05, 3.63) is 53.5 Å². The smallest absolute Gasteiger partial charge is 0.173 e. The van der Waals surface area contributed by atoms with Gasteiger partial charge in [0.1, 0.15) is 0 Å². The maximum absolute atomic E-state index is 14.8. The maximum Gasteiger partial charge on any atom is 0.173 e. The molecule has 6 rings (SSSR count). The Labute approximate surface area is 161 Å². The molecule has 1 aliphatic heterocycles. The zero-order valence-corrected chi connectivity index (χ0v) is 15.9. The Morgan fingerprint density at radius 3 is 2.64 bits per heavy atom. The summed E-state index contributed by atoms with van der Waals surface area (Å²) in [4.78, 5) is 9.08. The van der Waals surface area contributed by atoms with Gasteiger partial charge in [-0.2, -0.15) is 5.10 Å². The molecule has 0 bridgehead atoms. The molecule has 1 aliphatic carbocycles. The number of hydrogen-bond donors (Lipinski definition) is 1. The summed E-state index contributed by atoms with van der Waals surface area (Å²) in [5, 5.41) is 7.99. The molecule has 28 heavy (non-hydrogen) atoms. The molecule has 1 saturated heterocycles. The van der Waals surface area contributed by atoms with E-state index in [1.165, 1.54) is 6.07 Å². The molecule has 4 aromatic heterocycles. The molecule has 5 heterocycles. The first kappa shape index (κ1) is 16.2. The minimum Gasteiger partial charge on any atom is -0.316 e. The van der Waals surface area contributed by atoms with Crippen LogP contribution < -0.4 is 5.32 Å². The van der Waals surface area contributed by atoms with Gasteiger partial charge in [-0.25, -0.2) is 18.9 Å². The average Bonchev–Trinajstić information content (AvgIpc) is 3.15. The number of pyridine rings is 1. The van der Waals surface area contributed by atoms with Crippen molar-refractivity contribution >= 4 is 11.3 Å². The van der Waals surface area contributed by atoms with Gasteiger partial charge in [0.25, 0.3) is 0 Å². The largest absolute Gasteiger partial charge is 0.316 e. The predicted octanol–water partition coefficient (Wildman–Crippen LogP) is 3.27. The molecule has 0 unspecified atom stereocenters. The average molecular weight is 376 g/mol. The van der Waals surface area contributed by atoms with E-state index in [0.29, 0.717) is 17.0 Å². The summed E-state index contributed by atoms with van der Waals surface area (Å²) in [6.07, 6.45) is 8.09. The van der Waals surface area contributed by atoms with Crippen LogP contribution >= 0.6 is 0 Å². The van der Waals surface area contributed by atoms with E-state index in [2.05, 4.69) is 20.4 Å². The van der Waals surface area contributed by atoms with Crippen molar-refractivity contribution < 1.29 is 4.39 Å². The zero-order valence-electron chi connectivity index (χ0n) is 15.9. The SMILES string of the molecule is Cc1cn2nc(-c3cc(F)c4nc(C5CC6(CNC6)C5)cn4c3)cc(C)c2n1. The van der Waals surface area contributed by atoms with E-state index >= 15 is 0 Å². The van der Waals surface area contributed by atoms with Crippen molar-refractivity contribution in [1.82, 2.24) is 29.3 Å². The van der Waals surface area contributed by atoms with Crippen LogP contribution in [0.15, 0.2) is 30.7 Å². The van der Waals surface area contributed by atoms with E-state index in [0.717, 1.165) is 59.8 Å². The fraction of sp³-hybridized carbons (Fsp3) is 0.381. The molecule has 0 amide bonds. The lowest BCUT2D eigenvalue weighted by Crippen LogP contribution is -2.59. The van der Waals surface area contributed by atoms with Crippen LogP contribution in [0.3, 0.4) is 0 Å². The number of nitrogens with one attached hydrogen (secondary N) is 1. The lowest BCUT2D eigenvalue weighted by Gasteiger charge is -2.54. The van der Waals surface area contributed by atoms with E-state index in [4.69, 9.17) is 0 Å². The molecular formula is C21H21FN6. The third-order valence-corrected chi connectivity index (χ3v) is 6.33. The first-order valence-corrected chi connectivity index (χ1v) is 9.73. The van der Waals surface area contributed by atoms with E-state index < -0.39 is 0 Å². The molecule has 6 nitrogen and oxygen atoms in total. The minimum atomic E-state index is -0.315. The number of aryl methyl sites for hydroxylation is 2. The lowest BCUT2D eigenvalue weighted by molar-refractivity contribution is 0.0349. The highest BCUT2D eigenvalue weighted by atomic mass is 19.1. The molecule has 1 saturated carbocycles. The van der Waals surface area contributed by atoms with Crippen molar-refractivity contribution in [3.8, 4) is 11.3 Å². The number of hydrogen-bond acceptors (Lipinski definition) is 4. The van der Waals surface area contributed by atoms with Crippen LogP contribution in [0.2, 0.25) is 0 Å². The van der Waals surface area contributed by atoms with Crippen molar-refractivity contribution in [3.63, 3.8) is 0 Å². The highest BCUT2D eigenvalue weighted by Gasteiger charge is 2.49. The second-order valence-electron chi connectivity index (χ2n) is 8.55. The number of fused-ring (bicyclic) bond motifs is 2. The van der Waals surface area contributed by atoms with E-state index in [-0.39, 0.29) is 5.82 Å². The second-order valence-corrected chi connectivity index (χ2v) is 8.55. The molecule has 0 radical (unpaired) electrons. The quantitative estimate of drug-likeness (QED) is 0.583. The number of aromatic nitrogens is 5. The van der Waals surface area contributed by atoms with E-state index in [1.807, 2.05) is 42.9 Å². The standard InChI is InChI=1S/C21H21FN6/c1-12-3-17(26-28-7-13(2)24-19(12)28)14-4-16(22)20-25-18(9-27(20)8-14)15-5-21(6-15)10-23-11-21/h3-4,7-9,15,23H,5-6,10-11H2,1-2H3. The van der Waals surface area contributed by atoms with Crippen LogP contribution in [-0.4, -0.2) is 37.1 Å². The summed E-state index contributed by atoms with van der Waals surface area (Å²) in [5.41, 5.74) is 6.08. The topological polar surface area (TPSA) is 59.5 Å². The fourth-order valence-electron chi connectivity index (χ4n) is 4.76. The molecular weight excluding hydrogens is 355 g/mol. The zero-order chi connectivity index (χ0) is 19.0. The van der Waals surface area contributed by atoms with E-state index in [9.17, 15) is 4.39 Å². The first-order chi connectivity index (χ1) is 13.5. The van der Waals surface area contributed by atoms with Crippen molar-refractivity contribution in [2.24, 2.45) is 5.41 Å². The Hall–Kier alpha value is -2.80. The number of imidazole rings is 2. The molecule has 2 fully saturated rings. The van der Waals surface area contributed by atoms with Gasteiger partial charge >= 0.3 is 0 Å². The second kappa shape index (κ2) is 5.38. The Balaban J connectivity index is 1.41. The fourth-order valence-corrected chi connectivity index (χ4v) is 4.76. The third-order valence-electron chi connectivity index (χ3n) is 6.33. The van der Waals surface area contributed by atoms with Crippen LogP contribution in [0.5, 0.6) is 0 Å². The van der Waals surface area contributed by atoms with Crippen LogP contribution in [0.4, 0.5) is 4.39 Å². The minimum absolute atomic E-state index is 0.315. The summed E-state index contributed by atoms with van der Waals surface area (Å²) in [6.45, 7) is 6.16. The number of rotatable bonds is 2. The third kappa shape index (κ3) is 2.26. The van der Waals surface area contributed by atoms with Gasteiger partial charge in [0.2, 0.25) is 0 Å². The molecule has 1 spiro atoms. The highest BCUT2D eigenvalue weighted by molar-refractivity contribution is 5.64. The summed E-state index contributed by atoms with van der Waals surface area (Å²) in [7, 11) is 0. The Kier molecular flexibility index (Phi) is 3.11. The van der Waals surface area contributed by atoms with Gasteiger partial charge in [0.15, 0.2) is 17.1 Å². The number of nitrogens with zero attached hydrogens (tertiary/aromatic N) is 5. The molecule has 0 aromatic carbocycles. The molecule has 1 N–H and O–H groups in total. The molecule has 4 aromatic rings. The summed E-state index contributed by atoms with van der Waals surface area (Å²) < 4.78 is 18.4. The maximum atomic E-state index is 14.8. The van der Waals surface area contributed by atoms with Gasteiger partial charge in [0.05, 0.1) is 23.3 Å². The van der Waals surface area contributed by atoms with Crippen LogP contribution in [0.25, 0.3) is 22.6 Å². The summed E-state index contributed by atoms with van der Waals surface area (Å²) in [5.74, 6) is 0.125. The Morgan fingerprint density at radius 2 is 1.89 bits per heavy atom. The van der Waals surface area contributed by atoms with Gasteiger partial charge < -0.3 is 9.72 Å². The Bertz CT molecular complexity index is 1240. The van der Waals surface area contributed by atoms with Gasteiger partial charge in [0, 0.05) is 37.0 Å². The van der Waals surface area contributed by atoms with Gasteiger partial charge in [-0.1, -0.05) is 0 Å². The predicted molar refractivity (Wildman–Crippen MR) is 104 cm³/mol. The van der Waals surface area contributed by atoms with Crippen molar-refractivity contribution in [2.75, 3.05) is 13.1 Å².